The summed E-state index contributed by atoms with van der Waals surface area (Å²) in [5.74, 6) is -1.37. The van der Waals surface area contributed by atoms with Crippen LogP contribution in [-0.4, -0.2) is 61.7 Å². The Hall–Kier alpha value is -1.93. The van der Waals surface area contributed by atoms with Crippen LogP contribution in [0.15, 0.2) is 6.33 Å². The third kappa shape index (κ3) is 2.16. The van der Waals surface area contributed by atoms with Crippen molar-refractivity contribution in [2.75, 3.05) is 6.54 Å². The fourth-order valence-electron chi connectivity index (χ4n) is 2.84. The zero-order valence-corrected chi connectivity index (χ0v) is 10.7. The Balaban J connectivity index is 1.74. The Kier molecular flexibility index (Phi) is 3.19. The number of β-amino-alcohol motifs (C(OH)–C–C–N with tert-alkyl or cyclic N) is 1. The van der Waals surface area contributed by atoms with Gasteiger partial charge in [-0.1, -0.05) is 0 Å². The smallest absolute Gasteiger partial charge is 0.326 e. The molecule has 0 bridgehead atoms. The van der Waals surface area contributed by atoms with Gasteiger partial charge in [0.15, 0.2) is 0 Å². The van der Waals surface area contributed by atoms with Crippen molar-refractivity contribution < 1.29 is 19.8 Å². The van der Waals surface area contributed by atoms with Gasteiger partial charge in [0.05, 0.1) is 29.9 Å². The van der Waals surface area contributed by atoms with Crippen LogP contribution < -0.4 is 5.32 Å². The number of carboxylic acids is 1. The monoisotopic (exact) mass is 280 g/mol. The van der Waals surface area contributed by atoms with Crippen molar-refractivity contribution in [2.45, 2.75) is 37.6 Å². The van der Waals surface area contributed by atoms with E-state index in [4.69, 9.17) is 5.11 Å². The molecular weight excluding hydrogens is 264 g/mol. The summed E-state index contributed by atoms with van der Waals surface area (Å²) in [4.78, 5) is 32.0. The van der Waals surface area contributed by atoms with E-state index in [1.807, 2.05) is 0 Å². The molecule has 0 aliphatic carbocycles. The molecular formula is C12H16N4O4. The molecule has 0 radical (unpaired) electrons. The van der Waals surface area contributed by atoms with E-state index in [0.29, 0.717) is 13.0 Å². The number of rotatable bonds is 2. The van der Waals surface area contributed by atoms with E-state index in [2.05, 4.69) is 15.3 Å². The first kappa shape index (κ1) is 13.1. The predicted molar refractivity (Wildman–Crippen MR) is 66.7 cm³/mol. The summed E-state index contributed by atoms with van der Waals surface area (Å²) in [5, 5.41) is 21.8. The number of H-pyrrole nitrogens is 1. The van der Waals surface area contributed by atoms with E-state index in [0.717, 1.165) is 11.4 Å². The van der Waals surface area contributed by atoms with Crippen molar-refractivity contribution in [3.8, 4) is 0 Å². The summed E-state index contributed by atoms with van der Waals surface area (Å²) < 4.78 is 0. The molecule has 8 nitrogen and oxygen atoms in total. The Morgan fingerprint density at radius 3 is 3.00 bits per heavy atom. The molecule has 1 amide bonds. The molecule has 0 aromatic carbocycles. The van der Waals surface area contributed by atoms with Crippen LogP contribution in [0.4, 0.5) is 0 Å². The zero-order chi connectivity index (χ0) is 14.3. The first-order valence-electron chi connectivity index (χ1n) is 6.52. The molecule has 2 aliphatic rings. The van der Waals surface area contributed by atoms with E-state index < -0.39 is 24.2 Å². The molecule has 1 unspecified atom stereocenters. The first-order valence-corrected chi connectivity index (χ1v) is 6.52. The maximum Gasteiger partial charge on any atom is 0.326 e. The lowest BCUT2D eigenvalue weighted by atomic mass is 10.0. The Morgan fingerprint density at radius 1 is 1.45 bits per heavy atom. The van der Waals surface area contributed by atoms with Gasteiger partial charge in [-0.05, 0) is 0 Å². The minimum atomic E-state index is -1.08. The van der Waals surface area contributed by atoms with Crippen LogP contribution in [-0.2, 0) is 22.6 Å². The number of carbonyl (C=O) groups excluding carboxylic acids is 1. The van der Waals surface area contributed by atoms with Crippen molar-refractivity contribution >= 4 is 11.9 Å². The average Bonchev–Trinajstić information content (AvgIpc) is 3.02. The number of nitrogens with zero attached hydrogens (tertiary/aromatic N) is 2. The third-order valence-electron chi connectivity index (χ3n) is 3.88. The summed E-state index contributed by atoms with van der Waals surface area (Å²) in [7, 11) is 0. The lowest BCUT2D eigenvalue weighted by Crippen LogP contribution is -2.52. The topological polar surface area (TPSA) is 119 Å². The van der Waals surface area contributed by atoms with Crippen LogP contribution in [0.2, 0.25) is 0 Å². The Morgan fingerprint density at radius 2 is 2.25 bits per heavy atom. The summed E-state index contributed by atoms with van der Waals surface area (Å²) >= 11 is 0. The minimum absolute atomic E-state index is 0.0708. The van der Waals surface area contributed by atoms with Crippen LogP contribution in [0.1, 0.15) is 17.8 Å². The molecule has 1 aromatic rings. The highest BCUT2D eigenvalue weighted by Crippen LogP contribution is 2.21. The number of carbonyl (C=O) groups is 2. The molecule has 1 saturated heterocycles. The van der Waals surface area contributed by atoms with Gasteiger partial charge in [-0.15, -0.1) is 0 Å². The van der Waals surface area contributed by atoms with Crippen LogP contribution >= 0.6 is 0 Å². The Labute approximate surface area is 114 Å². The van der Waals surface area contributed by atoms with E-state index in [1.165, 1.54) is 4.90 Å². The van der Waals surface area contributed by atoms with Crippen molar-refractivity contribution in [3.05, 3.63) is 17.7 Å². The lowest BCUT2D eigenvalue weighted by Gasteiger charge is -2.29. The number of hydrogen-bond donors (Lipinski definition) is 4. The van der Waals surface area contributed by atoms with Gasteiger partial charge in [-0.2, -0.15) is 0 Å². The average molecular weight is 280 g/mol. The normalized spacial score (nSPS) is 29.2. The largest absolute Gasteiger partial charge is 0.480 e. The summed E-state index contributed by atoms with van der Waals surface area (Å²) in [6.45, 7) is 0.571. The van der Waals surface area contributed by atoms with E-state index in [1.54, 1.807) is 6.33 Å². The van der Waals surface area contributed by atoms with Crippen LogP contribution in [0.3, 0.4) is 0 Å². The lowest BCUT2D eigenvalue weighted by molar-refractivity contribution is -0.149. The number of imidazole rings is 1. The van der Waals surface area contributed by atoms with Crippen molar-refractivity contribution in [3.63, 3.8) is 0 Å². The van der Waals surface area contributed by atoms with Gasteiger partial charge in [0.1, 0.15) is 6.04 Å². The van der Waals surface area contributed by atoms with Crippen molar-refractivity contribution in [2.24, 2.45) is 0 Å². The highest BCUT2D eigenvalue weighted by atomic mass is 16.4. The van der Waals surface area contributed by atoms with Crippen molar-refractivity contribution in [1.82, 2.24) is 20.2 Å². The fraction of sp³-hybridized carbons (Fsp3) is 0.583. The highest BCUT2D eigenvalue weighted by molar-refractivity contribution is 5.88. The van der Waals surface area contributed by atoms with Gasteiger partial charge in [-0.25, -0.2) is 9.78 Å². The maximum absolute atomic E-state index is 12.4. The molecule has 3 atom stereocenters. The molecule has 20 heavy (non-hydrogen) atoms. The SMILES string of the molecule is O=C(O)[C@@H]1C[C@H](O)CN1C(=O)C1Cc2nc[nH]c2CN1. The number of amides is 1. The number of aliphatic carboxylic acids is 1. The van der Waals surface area contributed by atoms with E-state index >= 15 is 0 Å². The molecule has 1 fully saturated rings. The second-order valence-corrected chi connectivity index (χ2v) is 5.20. The van der Waals surface area contributed by atoms with Crippen molar-refractivity contribution in [1.29, 1.82) is 0 Å². The standard InChI is InChI=1S/C12H16N4O4/c17-6-1-10(12(19)20)16(4-6)11(18)8-2-7-9(3-13-8)15-5-14-7/h5-6,8,10,13,17H,1-4H2,(H,14,15)(H,19,20)/t6-,8?,10-/m0/s1. The van der Waals surface area contributed by atoms with Gasteiger partial charge in [-0.3, -0.25) is 10.1 Å². The number of aliphatic hydroxyl groups is 1. The van der Waals surface area contributed by atoms with Crippen LogP contribution in [0, 0.1) is 0 Å². The summed E-state index contributed by atoms with van der Waals surface area (Å²) in [5.41, 5.74) is 1.78. The van der Waals surface area contributed by atoms with Gasteiger partial charge in [0.2, 0.25) is 5.91 Å². The second kappa shape index (κ2) is 4.88. The minimum Gasteiger partial charge on any atom is -0.480 e. The van der Waals surface area contributed by atoms with Gasteiger partial charge in [0.25, 0.3) is 0 Å². The number of likely N-dealkylation sites (tertiary alicyclic amines) is 1. The predicted octanol–water partition coefficient (Wildman–Crippen LogP) is -1.53. The highest BCUT2D eigenvalue weighted by Gasteiger charge is 2.41. The van der Waals surface area contributed by atoms with Gasteiger partial charge < -0.3 is 20.1 Å². The molecule has 8 heteroatoms. The number of fused-ring (bicyclic) bond motifs is 1. The Bertz CT molecular complexity index is 543. The quantitative estimate of drug-likeness (QED) is 0.522. The number of aromatic amines is 1. The van der Waals surface area contributed by atoms with Crippen LogP contribution in [0.5, 0.6) is 0 Å². The van der Waals surface area contributed by atoms with E-state index in [-0.39, 0.29) is 18.9 Å². The molecule has 4 N–H and O–H groups in total. The first-order chi connectivity index (χ1) is 9.56. The molecule has 108 valence electrons. The molecule has 2 aliphatic heterocycles. The summed E-state index contributed by atoms with van der Waals surface area (Å²) in [6, 6.07) is -1.43. The number of carboxylic acid groups (broad SMARTS) is 1. The zero-order valence-electron chi connectivity index (χ0n) is 10.7. The summed E-state index contributed by atoms with van der Waals surface area (Å²) in [6.07, 6.45) is 1.32. The van der Waals surface area contributed by atoms with Gasteiger partial charge >= 0.3 is 5.97 Å². The second-order valence-electron chi connectivity index (χ2n) is 5.20. The molecule has 3 heterocycles. The maximum atomic E-state index is 12.4. The third-order valence-corrected chi connectivity index (χ3v) is 3.88. The fourth-order valence-corrected chi connectivity index (χ4v) is 2.84. The molecule has 0 spiro atoms. The number of aromatic nitrogens is 2. The molecule has 3 rings (SSSR count). The van der Waals surface area contributed by atoms with E-state index in [9.17, 15) is 14.7 Å². The van der Waals surface area contributed by atoms with Crippen LogP contribution in [0.25, 0.3) is 0 Å². The van der Waals surface area contributed by atoms with Gasteiger partial charge in [0, 0.05) is 25.9 Å². The number of nitrogens with one attached hydrogen (secondary N) is 2. The molecule has 0 saturated carbocycles. The number of hydrogen-bond acceptors (Lipinski definition) is 5. The molecule has 1 aromatic heterocycles. The number of aliphatic hydroxyl groups excluding tert-OH is 1.